The van der Waals surface area contributed by atoms with Gasteiger partial charge in [0.1, 0.15) is 0 Å². The highest BCUT2D eigenvalue weighted by molar-refractivity contribution is 6.65. The van der Waals surface area contributed by atoms with E-state index >= 15 is 0 Å². The Hall–Kier alpha value is -1.98. The molecule has 0 bridgehead atoms. The number of fused-ring (bicyclic) bond motifs is 2. The lowest BCUT2D eigenvalue weighted by Crippen LogP contribution is -2.32. The van der Waals surface area contributed by atoms with Crippen molar-refractivity contribution in [1.82, 2.24) is 9.97 Å². The van der Waals surface area contributed by atoms with Gasteiger partial charge in [0, 0.05) is 17.9 Å². The fourth-order valence-corrected chi connectivity index (χ4v) is 2.07. The topological polar surface area (TPSA) is 66.2 Å². The van der Waals surface area contributed by atoms with Gasteiger partial charge in [0.25, 0.3) is 0 Å². The summed E-state index contributed by atoms with van der Waals surface area (Å²) in [5.74, 6) is 0. The van der Waals surface area contributed by atoms with Crippen LogP contribution in [0.2, 0.25) is 0 Å². The molecular formula is C12H9BN2O2. The van der Waals surface area contributed by atoms with Crippen molar-refractivity contribution in [2.24, 2.45) is 0 Å². The van der Waals surface area contributed by atoms with Gasteiger partial charge in [0.05, 0.1) is 11.0 Å². The van der Waals surface area contributed by atoms with Crippen LogP contribution < -0.4 is 5.46 Å². The molecule has 0 aliphatic rings. The van der Waals surface area contributed by atoms with Crippen molar-refractivity contribution in [2.75, 3.05) is 0 Å². The van der Waals surface area contributed by atoms with E-state index in [0.29, 0.717) is 16.5 Å². The van der Waals surface area contributed by atoms with Crippen LogP contribution in [-0.4, -0.2) is 27.1 Å². The first kappa shape index (κ1) is 10.2. The second kappa shape index (κ2) is 3.80. The smallest absolute Gasteiger partial charge is 0.423 e. The van der Waals surface area contributed by atoms with Crippen molar-refractivity contribution in [2.45, 2.75) is 0 Å². The third-order valence-electron chi connectivity index (χ3n) is 2.78. The van der Waals surface area contributed by atoms with Crippen LogP contribution in [0.4, 0.5) is 0 Å². The Bertz CT molecular complexity index is 646. The highest BCUT2D eigenvalue weighted by atomic mass is 16.4. The largest absolute Gasteiger partial charge is 0.491 e. The summed E-state index contributed by atoms with van der Waals surface area (Å²) in [7, 11) is -1.56. The lowest BCUT2D eigenvalue weighted by Gasteiger charge is -2.08. The van der Waals surface area contributed by atoms with Gasteiger partial charge in [-0.1, -0.05) is 24.3 Å². The molecule has 0 radical (unpaired) electrons. The molecular weight excluding hydrogens is 215 g/mol. The zero-order chi connectivity index (χ0) is 11.8. The minimum atomic E-state index is -1.56. The molecule has 1 aromatic heterocycles. The third-order valence-corrected chi connectivity index (χ3v) is 2.78. The van der Waals surface area contributed by atoms with E-state index < -0.39 is 7.12 Å². The third kappa shape index (κ3) is 1.56. The highest BCUT2D eigenvalue weighted by Gasteiger charge is 2.19. The van der Waals surface area contributed by atoms with Crippen molar-refractivity contribution in [3.63, 3.8) is 0 Å². The first-order valence-electron chi connectivity index (χ1n) is 5.26. The predicted molar refractivity (Wildman–Crippen MR) is 66.9 cm³/mol. The van der Waals surface area contributed by atoms with Gasteiger partial charge in [-0.15, -0.1) is 0 Å². The van der Waals surface area contributed by atoms with E-state index in [1.54, 1.807) is 12.4 Å². The molecule has 0 spiro atoms. The van der Waals surface area contributed by atoms with E-state index in [2.05, 4.69) is 9.97 Å². The Morgan fingerprint density at radius 1 is 1.00 bits per heavy atom. The minimum absolute atomic E-state index is 0.409. The summed E-state index contributed by atoms with van der Waals surface area (Å²) in [6, 6.07) is 9.41. The molecule has 5 heteroatoms. The number of rotatable bonds is 1. The normalized spacial score (nSPS) is 10.9. The van der Waals surface area contributed by atoms with Crippen LogP contribution in [0.5, 0.6) is 0 Å². The summed E-state index contributed by atoms with van der Waals surface area (Å²) in [6.45, 7) is 0. The molecule has 17 heavy (non-hydrogen) atoms. The summed E-state index contributed by atoms with van der Waals surface area (Å²) in [6.07, 6.45) is 3.13. The molecule has 2 aromatic carbocycles. The number of nitrogens with zero attached hydrogens (tertiary/aromatic N) is 2. The van der Waals surface area contributed by atoms with Gasteiger partial charge in [-0.25, -0.2) is 0 Å². The maximum Gasteiger partial charge on any atom is 0.491 e. The van der Waals surface area contributed by atoms with Crippen molar-refractivity contribution in [1.29, 1.82) is 0 Å². The minimum Gasteiger partial charge on any atom is -0.423 e. The first-order chi connectivity index (χ1) is 8.27. The second-order valence-corrected chi connectivity index (χ2v) is 3.81. The summed E-state index contributed by atoms with van der Waals surface area (Å²) in [5.41, 5.74) is 1.60. The first-order valence-corrected chi connectivity index (χ1v) is 5.26. The van der Waals surface area contributed by atoms with Crippen molar-refractivity contribution in [3.8, 4) is 0 Å². The van der Waals surface area contributed by atoms with Gasteiger partial charge in [-0.05, 0) is 16.8 Å². The quantitative estimate of drug-likeness (QED) is 0.465. The van der Waals surface area contributed by atoms with Crippen LogP contribution in [0.15, 0.2) is 42.7 Å². The molecule has 0 amide bonds. The second-order valence-electron chi connectivity index (χ2n) is 3.81. The molecule has 0 saturated carbocycles. The fraction of sp³-hybridized carbons (Fsp3) is 0. The summed E-state index contributed by atoms with van der Waals surface area (Å²) in [5, 5.41) is 20.7. The molecule has 82 valence electrons. The lowest BCUT2D eigenvalue weighted by molar-refractivity contribution is 0.426. The summed E-state index contributed by atoms with van der Waals surface area (Å²) in [4.78, 5) is 8.36. The maximum absolute atomic E-state index is 9.51. The van der Waals surface area contributed by atoms with Crippen LogP contribution in [0, 0.1) is 0 Å². The molecule has 0 aliphatic carbocycles. The number of hydrogen-bond acceptors (Lipinski definition) is 4. The van der Waals surface area contributed by atoms with E-state index in [-0.39, 0.29) is 0 Å². The number of benzene rings is 2. The van der Waals surface area contributed by atoms with Crippen LogP contribution in [0.25, 0.3) is 21.8 Å². The van der Waals surface area contributed by atoms with Crippen LogP contribution in [0.1, 0.15) is 0 Å². The van der Waals surface area contributed by atoms with E-state index in [9.17, 15) is 10.0 Å². The lowest BCUT2D eigenvalue weighted by atomic mass is 9.76. The van der Waals surface area contributed by atoms with Gasteiger partial charge >= 0.3 is 7.12 Å². The molecule has 1 heterocycles. The highest BCUT2D eigenvalue weighted by Crippen LogP contribution is 2.18. The van der Waals surface area contributed by atoms with Gasteiger partial charge in [-0.3, -0.25) is 9.97 Å². The van der Waals surface area contributed by atoms with Crippen molar-refractivity contribution in [3.05, 3.63) is 42.7 Å². The molecule has 0 unspecified atom stereocenters. The van der Waals surface area contributed by atoms with Crippen LogP contribution in [0.3, 0.4) is 0 Å². The number of hydrogen-bond donors (Lipinski definition) is 2. The standard InChI is InChI=1S/C12H9BN2O2/c16-13(17)11-9-4-2-1-3-8(9)7-10-12(11)15-6-5-14-10/h1-7,16-17H. The Kier molecular flexibility index (Phi) is 2.28. The fourth-order valence-electron chi connectivity index (χ4n) is 2.07. The molecule has 3 aromatic rings. The zero-order valence-electron chi connectivity index (χ0n) is 8.91. The van der Waals surface area contributed by atoms with Gasteiger partial charge in [0.15, 0.2) is 0 Å². The number of aromatic nitrogens is 2. The van der Waals surface area contributed by atoms with E-state index in [0.717, 1.165) is 10.8 Å². The molecule has 0 saturated heterocycles. The average Bonchev–Trinajstić information content (AvgIpc) is 2.35. The Morgan fingerprint density at radius 3 is 2.59 bits per heavy atom. The van der Waals surface area contributed by atoms with Crippen LogP contribution >= 0.6 is 0 Å². The van der Waals surface area contributed by atoms with E-state index in [4.69, 9.17) is 0 Å². The summed E-state index contributed by atoms with van der Waals surface area (Å²) < 4.78 is 0. The maximum atomic E-state index is 9.51. The molecule has 3 rings (SSSR count). The van der Waals surface area contributed by atoms with E-state index in [1.165, 1.54) is 0 Å². The van der Waals surface area contributed by atoms with Gasteiger partial charge in [0.2, 0.25) is 0 Å². The van der Waals surface area contributed by atoms with Gasteiger partial charge in [-0.2, -0.15) is 0 Å². The van der Waals surface area contributed by atoms with Crippen molar-refractivity contribution < 1.29 is 10.0 Å². The van der Waals surface area contributed by atoms with Crippen molar-refractivity contribution >= 4 is 34.4 Å². The Labute approximate surface area is 97.7 Å². The molecule has 0 aliphatic heterocycles. The molecule has 4 nitrogen and oxygen atoms in total. The molecule has 2 N–H and O–H groups in total. The van der Waals surface area contributed by atoms with Crippen LogP contribution in [-0.2, 0) is 0 Å². The van der Waals surface area contributed by atoms with E-state index in [1.807, 2.05) is 30.3 Å². The molecule has 0 atom stereocenters. The SMILES string of the molecule is OB(O)c1c2ccccc2cc2nccnc12. The average molecular weight is 224 g/mol. The molecule has 0 fully saturated rings. The zero-order valence-corrected chi connectivity index (χ0v) is 8.91. The predicted octanol–water partition coefficient (Wildman–Crippen LogP) is 0.463. The summed E-state index contributed by atoms with van der Waals surface area (Å²) >= 11 is 0. The Morgan fingerprint density at radius 2 is 1.76 bits per heavy atom. The van der Waals surface area contributed by atoms with Gasteiger partial charge < -0.3 is 10.0 Å². The monoisotopic (exact) mass is 224 g/mol. The Balaban J connectivity index is 2.56.